The van der Waals surface area contributed by atoms with Crippen LogP contribution >= 0.6 is 0 Å². The highest BCUT2D eigenvalue weighted by Gasteiger charge is 2.27. The van der Waals surface area contributed by atoms with Crippen molar-refractivity contribution in [1.82, 2.24) is 0 Å². The number of halogens is 1. The molecule has 0 amide bonds. The summed E-state index contributed by atoms with van der Waals surface area (Å²) in [6.45, 7) is 2.27. The van der Waals surface area contributed by atoms with E-state index >= 15 is 0 Å². The number of hydrogen-bond donors (Lipinski definition) is 1. The van der Waals surface area contributed by atoms with E-state index in [1.165, 1.54) is 20.0 Å². The third-order valence-electron chi connectivity index (χ3n) is 4.14. The fraction of sp³-hybridized carbons (Fsp3) is 0.600. The van der Waals surface area contributed by atoms with Crippen molar-refractivity contribution >= 4 is 0 Å². The van der Waals surface area contributed by atoms with Crippen LogP contribution in [0.25, 0.3) is 0 Å². The van der Waals surface area contributed by atoms with Crippen molar-refractivity contribution in [2.75, 3.05) is 7.11 Å². The van der Waals surface area contributed by atoms with Gasteiger partial charge in [-0.25, -0.2) is 4.39 Å². The van der Waals surface area contributed by atoms with Crippen LogP contribution in [0.2, 0.25) is 0 Å². The SMILES string of the molecule is COc1cccc(C(N)C2CCC(C)CC2)c1F. The molecule has 1 aliphatic carbocycles. The topological polar surface area (TPSA) is 35.2 Å². The van der Waals surface area contributed by atoms with Crippen molar-refractivity contribution in [3.8, 4) is 5.75 Å². The molecule has 0 aromatic heterocycles. The molecule has 0 saturated heterocycles. The molecule has 1 aromatic carbocycles. The average molecular weight is 251 g/mol. The molecule has 0 spiro atoms. The Morgan fingerprint density at radius 1 is 1.28 bits per heavy atom. The molecule has 100 valence electrons. The van der Waals surface area contributed by atoms with Crippen LogP contribution in [0.15, 0.2) is 18.2 Å². The summed E-state index contributed by atoms with van der Waals surface area (Å²) in [4.78, 5) is 0. The maximum Gasteiger partial charge on any atom is 0.169 e. The van der Waals surface area contributed by atoms with Crippen molar-refractivity contribution in [3.63, 3.8) is 0 Å². The van der Waals surface area contributed by atoms with Gasteiger partial charge in [0.1, 0.15) is 0 Å². The van der Waals surface area contributed by atoms with E-state index in [1.54, 1.807) is 12.1 Å². The summed E-state index contributed by atoms with van der Waals surface area (Å²) in [5.41, 5.74) is 6.84. The zero-order chi connectivity index (χ0) is 13.1. The Bertz CT molecular complexity index is 399. The van der Waals surface area contributed by atoms with Gasteiger partial charge >= 0.3 is 0 Å². The molecule has 18 heavy (non-hydrogen) atoms. The van der Waals surface area contributed by atoms with Gasteiger partial charge in [-0.2, -0.15) is 0 Å². The second-order valence-corrected chi connectivity index (χ2v) is 5.41. The minimum absolute atomic E-state index is 0.215. The molecule has 2 N–H and O–H groups in total. The van der Waals surface area contributed by atoms with Crippen LogP contribution in [-0.2, 0) is 0 Å². The molecule has 0 bridgehead atoms. The average Bonchev–Trinajstić information content (AvgIpc) is 2.39. The number of rotatable bonds is 3. The van der Waals surface area contributed by atoms with Gasteiger partial charge in [0, 0.05) is 11.6 Å². The van der Waals surface area contributed by atoms with E-state index in [4.69, 9.17) is 10.5 Å². The largest absolute Gasteiger partial charge is 0.494 e. The molecule has 0 aliphatic heterocycles. The van der Waals surface area contributed by atoms with Gasteiger partial charge < -0.3 is 10.5 Å². The van der Waals surface area contributed by atoms with Crippen LogP contribution in [0.3, 0.4) is 0 Å². The first-order valence-corrected chi connectivity index (χ1v) is 6.71. The summed E-state index contributed by atoms with van der Waals surface area (Å²) in [5, 5.41) is 0. The Morgan fingerprint density at radius 2 is 1.94 bits per heavy atom. The van der Waals surface area contributed by atoms with E-state index < -0.39 is 0 Å². The molecule has 1 unspecified atom stereocenters. The Balaban J connectivity index is 2.15. The fourth-order valence-corrected chi connectivity index (χ4v) is 2.84. The number of hydrogen-bond acceptors (Lipinski definition) is 2. The summed E-state index contributed by atoms with van der Waals surface area (Å²) in [6, 6.07) is 5.00. The van der Waals surface area contributed by atoms with Gasteiger partial charge in [0.15, 0.2) is 11.6 Å². The second kappa shape index (κ2) is 5.70. The monoisotopic (exact) mass is 251 g/mol. The Kier molecular flexibility index (Phi) is 4.23. The van der Waals surface area contributed by atoms with Gasteiger partial charge in [-0.15, -0.1) is 0 Å². The first-order valence-electron chi connectivity index (χ1n) is 6.71. The quantitative estimate of drug-likeness (QED) is 0.889. The van der Waals surface area contributed by atoms with E-state index in [0.29, 0.717) is 11.5 Å². The van der Waals surface area contributed by atoms with Gasteiger partial charge in [0.25, 0.3) is 0 Å². The molecule has 0 radical (unpaired) electrons. The Hall–Kier alpha value is -1.09. The summed E-state index contributed by atoms with van der Waals surface area (Å²) < 4.78 is 19.2. The zero-order valence-corrected chi connectivity index (χ0v) is 11.2. The van der Waals surface area contributed by atoms with Crippen LogP contribution in [0, 0.1) is 17.7 Å². The van der Waals surface area contributed by atoms with Crippen molar-refractivity contribution < 1.29 is 9.13 Å². The highest BCUT2D eigenvalue weighted by molar-refractivity contribution is 5.33. The zero-order valence-electron chi connectivity index (χ0n) is 11.2. The summed E-state index contributed by atoms with van der Waals surface area (Å²) >= 11 is 0. The molecule has 1 atom stereocenters. The minimum Gasteiger partial charge on any atom is -0.494 e. The third-order valence-corrected chi connectivity index (χ3v) is 4.14. The molecular formula is C15H22FNO. The summed E-state index contributed by atoms with van der Waals surface area (Å²) in [5.74, 6) is 1.16. The maximum absolute atomic E-state index is 14.1. The van der Waals surface area contributed by atoms with E-state index in [0.717, 1.165) is 18.8 Å². The summed E-state index contributed by atoms with van der Waals surface area (Å²) in [6.07, 6.45) is 4.59. The van der Waals surface area contributed by atoms with Crippen molar-refractivity contribution in [2.24, 2.45) is 17.6 Å². The van der Waals surface area contributed by atoms with E-state index in [2.05, 4.69) is 6.92 Å². The highest BCUT2D eigenvalue weighted by Crippen LogP contribution is 2.37. The predicted octanol–water partition coefficient (Wildman–Crippen LogP) is 3.66. The van der Waals surface area contributed by atoms with Crippen molar-refractivity contribution in [3.05, 3.63) is 29.6 Å². The lowest BCUT2D eigenvalue weighted by Gasteiger charge is -2.31. The first-order chi connectivity index (χ1) is 8.63. The highest BCUT2D eigenvalue weighted by atomic mass is 19.1. The maximum atomic E-state index is 14.1. The van der Waals surface area contributed by atoms with Gasteiger partial charge in [-0.3, -0.25) is 0 Å². The molecule has 1 aliphatic rings. The number of benzene rings is 1. The van der Waals surface area contributed by atoms with Crippen LogP contribution in [0.5, 0.6) is 5.75 Å². The Morgan fingerprint density at radius 3 is 2.56 bits per heavy atom. The molecule has 1 aromatic rings. The second-order valence-electron chi connectivity index (χ2n) is 5.41. The van der Waals surface area contributed by atoms with Gasteiger partial charge in [0.2, 0.25) is 0 Å². The predicted molar refractivity (Wildman–Crippen MR) is 71.0 cm³/mol. The van der Waals surface area contributed by atoms with Crippen LogP contribution in [-0.4, -0.2) is 7.11 Å². The van der Waals surface area contributed by atoms with Crippen molar-refractivity contribution in [1.29, 1.82) is 0 Å². The van der Waals surface area contributed by atoms with E-state index in [1.807, 2.05) is 6.07 Å². The lowest BCUT2D eigenvalue weighted by Crippen LogP contribution is -2.26. The number of methoxy groups -OCH3 is 1. The Labute approximate surface area is 108 Å². The van der Waals surface area contributed by atoms with Crippen molar-refractivity contribution in [2.45, 2.75) is 38.6 Å². The molecule has 0 heterocycles. The smallest absolute Gasteiger partial charge is 0.169 e. The fourth-order valence-electron chi connectivity index (χ4n) is 2.84. The minimum atomic E-state index is -0.300. The molecular weight excluding hydrogens is 229 g/mol. The van der Waals surface area contributed by atoms with Crippen LogP contribution < -0.4 is 10.5 Å². The lowest BCUT2D eigenvalue weighted by molar-refractivity contribution is 0.252. The van der Waals surface area contributed by atoms with E-state index in [-0.39, 0.29) is 17.6 Å². The van der Waals surface area contributed by atoms with Crippen LogP contribution in [0.1, 0.15) is 44.2 Å². The normalized spacial score (nSPS) is 25.8. The van der Waals surface area contributed by atoms with E-state index in [9.17, 15) is 4.39 Å². The number of ether oxygens (including phenoxy) is 1. The molecule has 2 rings (SSSR count). The van der Waals surface area contributed by atoms with Gasteiger partial charge in [0.05, 0.1) is 7.11 Å². The molecule has 1 saturated carbocycles. The lowest BCUT2D eigenvalue weighted by atomic mass is 9.77. The van der Waals surface area contributed by atoms with Gasteiger partial charge in [-0.1, -0.05) is 31.9 Å². The number of nitrogens with two attached hydrogens (primary N) is 1. The molecule has 2 nitrogen and oxygen atoms in total. The van der Waals surface area contributed by atoms with Gasteiger partial charge in [-0.05, 0) is 30.7 Å². The van der Waals surface area contributed by atoms with Crippen LogP contribution in [0.4, 0.5) is 4.39 Å². The summed E-state index contributed by atoms with van der Waals surface area (Å²) in [7, 11) is 1.48. The standard InChI is InChI=1S/C15H22FNO/c1-10-6-8-11(9-7-10)15(17)12-4-3-5-13(18-2)14(12)16/h3-5,10-11,15H,6-9,17H2,1-2H3. The molecule has 1 fully saturated rings. The first kappa shape index (κ1) is 13.3. The third kappa shape index (κ3) is 2.66. The molecule has 3 heteroatoms.